The van der Waals surface area contributed by atoms with E-state index in [1.807, 2.05) is 22.7 Å². The van der Waals surface area contributed by atoms with E-state index >= 15 is 0 Å². The molecule has 7 aromatic heterocycles. The number of hydrogen-bond donors (Lipinski definition) is 0. The maximum atomic E-state index is 5.48. The molecule has 7 nitrogen and oxygen atoms in total. The minimum Gasteiger partial charge on any atom is -0.308 e. The highest BCUT2D eigenvalue weighted by Crippen LogP contribution is 2.61. The van der Waals surface area contributed by atoms with Crippen LogP contribution in [-0.4, -0.2) is 33.2 Å². The van der Waals surface area contributed by atoms with E-state index in [9.17, 15) is 0 Å². The second-order valence-corrected chi connectivity index (χ2v) is 33.0. The number of benzene rings is 15. The summed E-state index contributed by atoms with van der Waals surface area (Å²) in [6.07, 6.45) is 0. The molecule has 8 heterocycles. The minimum absolute atomic E-state index is 0.203. The summed E-state index contributed by atoms with van der Waals surface area (Å²) in [6.45, 7) is 9.70. The van der Waals surface area contributed by atoms with Crippen LogP contribution < -0.4 is 0 Å². The van der Waals surface area contributed by atoms with Crippen LogP contribution in [0.15, 0.2) is 322 Å². The van der Waals surface area contributed by atoms with Gasteiger partial charge in [0.15, 0.2) is 5.82 Å². The van der Waals surface area contributed by atoms with Gasteiger partial charge in [-0.3, -0.25) is 4.57 Å². The third-order valence-electron chi connectivity index (χ3n) is 24.3. The van der Waals surface area contributed by atoms with Crippen LogP contribution in [0.1, 0.15) is 49.9 Å². The molecule has 0 fully saturated rings. The molecule has 0 atom stereocenters. The molecule has 0 N–H and O–H groups in total. The van der Waals surface area contributed by atoms with Crippen molar-refractivity contribution in [1.29, 1.82) is 0 Å². The first-order valence-electron chi connectivity index (χ1n) is 37.9. The smallest absolute Gasteiger partial charge is 0.160 e. The third-order valence-corrected chi connectivity index (χ3v) is 26.7. The van der Waals surface area contributed by atoms with E-state index in [1.165, 1.54) is 145 Å². The van der Waals surface area contributed by atoms with E-state index in [0.717, 1.165) is 78.6 Å². The summed E-state index contributed by atoms with van der Waals surface area (Å²) in [7, 11) is 0. The van der Waals surface area contributed by atoms with Crippen molar-refractivity contribution in [2.75, 3.05) is 0 Å². The summed E-state index contributed by atoms with van der Waals surface area (Å²) in [5.74, 6) is 1.59. The van der Waals surface area contributed by atoms with Crippen LogP contribution in [0, 0.1) is 0 Å². The molecule has 0 unspecified atom stereocenters. The van der Waals surface area contributed by atoms with E-state index in [2.05, 4.69) is 367 Å². The van der Waals surface area contributed by atoms with Gasteiger partial charge in [-0.25, -0.2) is 15.0 Å². The van der Waals surface area contributed by atoms with Crippen LogP contribution >= 0.6 is 22.7 Å². The SMILES string of the molecule is CC1(C)c2cc(-c3ccc(-c4cc(-c5cccc(-n6c7ccccc7c7c6c6sc8ccccc8c6c6c8cccc9c8n(c67)-c6ccccc6C9(C)C)c5)nc(-c5ccccc5)n4)cc3)ccc2-c2c1c1c3ccccc3n(-c3ccc(-c4nc5ccccc5n4-c4ccccc4)cc3)c1c1sc3ccccc3c21. The molecule has 0 saturated heterocycles. The number of para-hydroxylation sites is 7. The number of hydrogen-bond acceptors (Lipinski definition) is 5. The standard InChI is InChI=1S/C101H65N7S2/c1-100(2)73-36-15-19-41-81(73)108-92-72(35-24-37-74(92)100)86-88-71-34-14-22-44-84(71)110-97(88)95-90(93(86)108)69-32-12-18-40-80(69)106(95)66-30-23-27-63(55-66)78-57-77(102-98(103-78)60-25-7-5-8-26-60)59-47-45-58(46-48-59)62-51-54-67-75(56-62)101(3,4)91-85(67)87-70-33-13-21-43-83(70)109-96(87)94-89(91)68-31-11-17-39-79(68)105(94)65-52-49-61(50-53-65)99-104-76-38-16-20-42-82(76)107(99)64-28-9-6-10-29-64/h5-57H,1-4H3. The van der Waals surface area contributed by atoms with Gasteiger partial charge in [0.05, 0.1) is 70.6 Å². The van der Waals surface area contributed by atoms with Crippen LogP contribution in [0.2, 0.25) is 0 Å². The summed E-state index contributed by atoms with van der Waals surface area (Å²) < 4.78 is 15.1. The highest BCUT2D eigenvalue weighted by molar-refractivity contribution is 7.27. The summed E-state index contributed by atoms with van der Waals surface area (Å²) >= 11 is 3.83. The van der Waals surface area contributed by atoms with Gasteiger partial charge in [0, 0.05) is 113 Å². The second kappa shape index (κ2) is 22.6. The maximum absolute atomic E-state index is 5.48. The zero-order valence-electron chi connectivity index (χ0n) is 60.5. The number of aromatic nitrogens is 7. The van der Waals surface area contributed by atoms with Crippen molar-refractivity contribution >= 4 is 139 Å². The molecule has 2 aliphatic rings. The van der Waals surface area contributed by atoms with Crippen molar-refractivity contribution in [3.8, 4) is 90.3 Å². The summed E-state index contributed by atoms with van der Waals surface area (Å²) in [4.78, 5) is 16.2. The number of imidazole rings is 1. The van der Waals surface area contributed by atoms with Gasteiger partial charge in [-0.15, -0.1) is 22.7 Å². The van der Waals surface area contributed by atoms with Crippen LogP contribution in [0.4, 0.5) is 0 Å². The van der Waals surface area contributed by atoms with Crippen molar-refractivity contribution < 1.29 is 0 Å². The first-order chi connectivity index (χ1) is 54.1. The van der Waals surface area contributed by atoms with Crippen LogP contribution in [0.25, 0.3) is 207 Å². The Morgan fingerprint density at radius 2 is 0.827 bits per heavy atom. The molecule has 1 aliphatic heterocycles. The van der Waals surface area contributed by atoms with Gasteiger partial charge in [0.25, 0.3) is 0 Å². The average Bonchev–Trinajstić information content (AvgIpc) is 1.51. The lowest BCUT2D eigenvalue weighted by atomic mass is 9.75. The Balaban J connectivity index is 0.633. The number of rotatable bonds is 8. The van der Waals surface area contributed by atoms with Gasteiger partial charge in [0.1, 0.15) is 5.82 Å². The van der Waals surface area contributed by atoms with Gasteiger partial charge in [-0.05, 0) is 148 Å². The van der Waals surface area contributed by atoms with E-state index in [0.29, 0.717) is 5.82 Å². The van der Waals surface area contributed by atoms with Crippen molar-refractivity contribution in [2.45, 2.75) is 38.5 Å². The van der Waals surface area contributed by atoms with Gasteiger partial charge >= 0.3 is 0 Å². The normalized spacial score (nSPS) is 13.6. The number of fused-ring (bicyclic) bond motifs is 27. The lowest BCUT2D eigenvalue weighted by Crippen LogP contribution is -2.26. The Kier molecular flexibility index (Phi) is 12.7. The maximum Gasteiger partial charge on any atom is 0.160 e. The van der Waals surface area contributed by atoms with Crippen molar-refractivity contribution in [3.05, 3.63) is 344 Å². The predicted octanol–water partition coefficient (Wildman–Crippen LogP) is 27.1. The van der Waals surface area contributed by atoms with Crippen LogP contribution in [0.3, 0.4) is 0 Å². The van der Waals surface area contributed by atoms with E-state index in [4.69, 9.17) is 15.0 Å². The van der Waals surface area contributed by atoms with Crippen molar-refractivity contribution in [1.82, 2.24) is 33.2 Å². The summed E-state index contributed by atoms with van der Waals surface area (Å²) in [6, 6.07) is 118. The zero-order valence-corrected chi connectivity index (χ0v) is 62.2. The lowest BCUT2D eigenvalue weighted by Gasteiger charge is -2.34. The molecule has 22 aromatic rings. The molecule has 0 radical (unpaired) electrons. The average molecular weight is 1440 g/mol. The lowest BCUT2D eigenvalue weighted by molar-refractivity contribution is 0.630. The second-order valence-electron chi connectivity index (χ2n) is 30.9. The van der Waals surface area contributed by atoms with Gasteiger partial charge in [-0.2, -0.15) is 0 Å². The van der Waals surface area contributed by atoms with Crippen molar-refractivity contribution in [2.24, 2.45) is 0 Å². The molecule has 110 heavy (non-hydrogen) atoms. The Morgan fingerprint density at radius 3 is 1.58 bits per heavy atom. The minimum atomic E-state index is -0.380. The van der Waals surface area contributed by atoms with Crippen LogP contribution in [0.5, 0.6) is 0 Å². The molecule has 0 spiro atoms. The van der Waals surface area contributed by atoms with E-state index < -0.39 is 0 Å². The molecule has 15 aromatic carbocycles. The molecule has 24 rings (SSSR count). The number of thiophene rings is 2. The topological polar surface area (TPSA) is 58.4 Å². The van der Waals surface area contributed by atoms with Crippen LogP contribution in [-0.2, 0) is 10.8 Å². The quantitative estimate of drug-likeness (QED) is 0.152. The first kappa shape index (κ1) is 61.8. The summed E-state index contributed by atoms with van der Waals surface area (Å²) in [5.41, 5.74) is 29.4. The fourth-order valence-electron chi connectivity index (χ4n) is 19.4. The highest BCUT2D eigenvalue weighted by Gasteiger charge is 2.42. The highest BCUT2D eigenvalue weighted by atomic mass is 32.1. The molecule has 9 heteroatoms. The first-order valence-corrected chi connectivity index (χ1v) is 39.5. The Morgan fingerprint density at radius 1 is 0.291 bits per heavy atom. The Hall–Kier alpha value is -13.3. The summed E-state index contributed by atoms with van der Waals surface area (Å²) in [5, 5.41) is 12.9. The molecule has 516 valence electrons. The predicted molar refractivity (Wildman–Crippen MR) is 462 cm³/mol. The molecule has 0 bridgehead atoms. The van der Waals surface area contributed by atoms with Gasteiger partial charge < -0.3 is 13.7 Å². The molecular formula is C101H65N7S2. The molecule has 0 amide bonds. The monoisotopic (exact) mass is 1440 g/mol. The Labute approximate surface area is 640 Å². The molecule has 1 aliphatic carbocycles. The Bertz CT molecular complexity index is 7750. The van der Waals surface area contributed by atoms with Gasteiger partial charge in [0.2, 0.25) is 0 Å². The zero-order chi connectivity index (χ0) is 72.6. The number of nitrogens with zero attached hydrogens (tertiary/aromatic N) is 7. The fraction of sp³-hybridized carbons (Fsp3) is 0.0594. The van der Waals surface area contributed by atoms with Crippen molar-refractivity contribution in [3.63, 3.8) is 0 Å². The largest absolute Gasteiger partial charge is 0.308 e. The molecule has 0 saturated carbocycles. The molecular weight excluding hydrogens is 1380 g/mol. The van der Waals surface area contributed by atoms with E-state index in [1.54, 1.807) is 0 Å². The van der Waals surface area contributed by atoms with E-state index in [-0.39, 0.29) is 10.8 Å². The van der Waals surface area contributed by atoms with Gasteiger partial charge in [-0.1, -0.05) is 246 Å². The third kappa shape index (κ3) is 8.45. The fourth-order valence-corrected chi connectivity index (χ4v) is 21.9.